The number of nitrogens with two attached hydrogens (primary N) is 1. The molecule has 1 amide bonds. The molecule has 0 radical (unpaired) electrons. The van der Waals surface area contributed by atoms with Gasteiger partial charge in [-0.1, -0.05) is 36.4 Å². The molecule has 22 heavy (non-hydrogen) atoms. The Morgan fingerprint density at radius 2 is 1.73 bits per heavy atom. The molecule has 0 unspecified atom stereocenters. The van der Waals surface area contributed by atoms with Crippen LogP contribution in [0.4, 0.5) is 5.69 Å². The van der Waals surface area contributed by atoms with E-state index >= 15 is 0 Å². The van der Waals surface area contributed by atoms with E-state index in [4.69, 9.17) is 9.53 Å². The maximum absolute atomic E-state index is 8.94. The SMILES string of the molecule is CNc1cccc(C)c1OCc1ccccc1C.NNC=O. The molecular formula is C17H23N3O2. The summed E-state index contributed by atoms with van der Waals surface area (Å²) in [6.07, 6.45) is 0.403. The highest BCUT2D eigenvalue weighted by atomic mass is 16.5. The Labute approximate surface area is 131 Å². The number of benzene rings is 2. The summed E-state index contributed by atoms with van der Waals surface area (Å²) >= 11 is 0. The molecule has 5 nitrogen and oxygen atoms in total. The Bertz CT molecular complexity index is 600. The zero-order valence-electron chi connectivity index (χ0n) is 13.2. The normalized spacial score (nSPS) is 9.27. The molecule has 2 aromatic carbocycles. The third kappa shape index (κ3) is 5.10. The van der Waals surface area contributed by atoms with Crippen molar-refractivity contribution in [1.82, 2.24) is 5.43 Å². The van der Waals surface area contributed by atoms with E-state index in [1.807, 2.05) is 31.3 Å². The fourth-order valence-electron chi connectivity index (χ4n) is 1.96. The third-order valence-corrected chi connectivity index (χ3v) is 3.18. The second kappa shape index (κ2) is 9.41. The van der Waals surface area contributed by atoms with E-state index < -0.39 is 0 Å². The van der Waals surface area contributed by atoms with E-state index in [9.17, 15) is 0 Å². The van der Waals surface area contributed by atoms with Crippen LogP contribution >= 0.6 is 0 Å². The lowest BCUT2D eigenvalue weighted by molar-refractivity contribution is -0.109. The van der Waals surface area contributed by atoms with Crippen molar-refractivity contribution in [2.75, 3.05) is 12.4 Å². The van der Waals surface area contributed by atoms with Crippen LogP contribution in [0.3, 0.4) is 0 Å². The largest absolute Gasteiger partial charge is 0.486 e. The first-order chi connectivity index (χ1) is 10.6. The Morgan fingerprint density at radius 1 is 1.09 bits per heavy atom. The minimum Gasteiger partial charge on any atom is -0.486 e. The van der Waals surface area contributed by atoms with E-state index in [-0.39, 0.29) is 0 Å². The molecule has 0 saturated carbocycles. The lowest BCUT2D eigenvalue weighted by Crippen LogP contribution is -2.18. The predicted octanol–water partition coefficient (Wildman–Crippen LogP) is 2.53. The van der Waals surface area contributed by atoms with Gasteiger partial charge in [0.25, 0.3) is 0 Å². The Balaban J connectivity index is 0.000000541. The smallest absolute Gasteiger partial charge is 0.221 e. The first-order valence-electron chi connectivity index (χ1n) is 6.98. The molecular weight excluding hydrogens is 278 g/mol. The number of para-hydroxylation sites is 1. The minimum absolute atomic E-state index is 0.403. The highest BCUT2D eigenvalue weighted by Crippen LogP contribution is 2.28. The Hall–Kier alpha value is -2.53. The van der Waals surface area contributed by atoms with Crippen LogP contribution < -0.4 is 21.3 Å². The van der Waals surface area contributed by atoms with Crippen molar-refractivity contribution >= 4 is 12.1 Å². The van der Waals surface area contributed by atoms with Crippen LogP contribution in [0.25, 0.3) is 0 Å². The molecule has 118 valence electrons. The molecule has 0 aliphatic rings. The number of rotatable bonds is 5. The van der Waals surface area contributed by atoms with Crippen molar-refractivity contribution in [2.24, 2.45) is 5.84 Å². The van der Waals surface area contributed by atoms with E-state index in [1.165, 1.54) is 11.1 Å². The van der Waals surface area contributed by atoms with Crippen molar-refractivity contribution in [1.29, 1.82) is 0 Å². The average Bonchev–Trinajstić information content (AvgIpc) is 2.55. The predicted molar refractivity (Wildman–Crippen MR) is 89.6 cm³/mol. The number of nitrogens with one attached hydrogen (secondary N) is 2. The number of anilines is 1. The summed E-state index contributed by atoms with van der Waals surface area (Å²) in [7, 11) is 1.91. The van der Waals surface area contributed by atoms with Gasteiger partial charge in [-0.05, 0) is 36.6 Å². The molecule has 4 N–H and O–H groups in total. The van der Waals surface area contributed by atoms with Crippen LogP contribution in [0.2, 0.25) is 0 Å². The molecule has 2 aromatic rings. The third-order valence-electron chi connectivity index (χ3n) is 3.18. The molecule has 0 aliphatic heterocycles. The van der Waals surface area contributed by atoms with Gasteiger partial charge in [0.05, 0.1) is 5.69 Å². The number of ether oxygens (including phenoxy) is 1. The quantitative estimate of drug-likeness (QED) is 0.343. The van der Waals surface area contributed by atoms with Crippen molar-refractivity contribution in [2.45, 2.75) is 20.5 Å². The van der Waals surface area contributed by atoms with Gasteiger partial charge in [-0.15, -0.1) is 0 Å². The molecule has 2 rings (SSSR count). The summed E-state index contributed by atoms with van der Waals surface area (Å²) in [5.41, 5.74) is 6.42. The lowest BCUT2D eigenvalue weighted by Gasteiger charge is -2.14. The number of amides is 1. The lowest BCUT2D eigenvalue weighted by atomic mass is 10.1. The van der Waals surface area contributed by atoms with Gasteiger partial charge in [0.1, 0.15) is 12.4 Å². The molecule has 5 heteroatoms. The second-order valence-electron chi connectivity index (χ2n) is 4.70. The highest BCUT2D eigenvalue weighted by molar-refractivity contribution is 5.59. The first-order valence-corrected chi connectivity index (χ1v) is 6.98. The van der Waals surface area contributed by atoms with Gasteiger partial charge in [0, 0.05) is 7.05 Å². The fourth-order valence-corrected chi connectivity index (χ4v) is 1.96. The molecule has 0 spiro atoms. The molecule has 0 aromatic heterocycles. The van der Waals surface area contributed by atoms with Crippen LogP contribution in [0.15, 0.2) is 42.5 Å². The molecule has 0 saturated heterocycles. The summed E-state index contributed by atoms with van der Waals surface area (Å²) in [6.45, 7) is 4.77. The van der Waals surface area contributed by atoms with Gasteiger partial charge in [0.2, 0.25) is 6.41 Å². The Morgan fingerprint density at radius 3 is 2.32 bits per heavy atom. The number of carbonyl (C=O) groups excluding carboxylic acids is 1. The maximum atomic E-state index is 8.94. The van der Waals surface area contributed by atoms with E-state index in [0.29, 0.717) is 13.0 Å². The number of hydrazine groups is 1. The van der Waals surface area contributed by atoms with E-state index in [0.717, 1.165) is 17.0 Å². The summed E-state index contributed by atoms with van der Waals surface area (Å²) in [6, 6.07) is 14.4. The van der Waals surface area contributed by atoms with Crippen molar-refractivity contribution in [3.8, 4) is 5.75 Å². The van der Waals surface area contributed by atoms with Crippen LogP contribution in [-0.4, -0.2) is 13.5 Å². The van der Waals surface area contributed by atoms with Crippen LogP contribution in [0.5, 0.6) is 5.75 Å². The molecule has 0 fully saturated rings. The van der Waals surface area contributed by atoms with E-state index in [2.05, 4.69) is 43.2 Å². The molecule has 0 atom stereocenters. The van der Waals surface area contributed by atoms with Gasteiger partial charge in [-0.2, -0.15) is 0 Å². The van der Waals surface area contributed by atoms with Gasteiger partial charge in [-0.3, -0.25) is 10.2 Å². The number of hydrogen-bond acceptors (Lipinski definition) is 4. The highest BCUT2D eigenvalue weighted by Gasteiger charge is 2.06. The second-order valence-corrected chi connectivity index (χ2v) is 4.70. The molecule has 0 heterocycles. The van der Waals surface area contributed by atoms with Crippen molar-refractivity contribution in [3.63, 3.8) is 0 Å². The Kier molecular flexibility index (Phi) is 7.50. The maximum Gasteiger partial charge on any atom is 0.221 e. The summed E-state index contributed by atoms with van der Waals surface area (Å²) < 4.78 is 5.96. The zero-order chi connectivity index (χ0) is 16.4. The first kappa shape index (κ1) is 17.5. The van der Waals surface area contributed by atoms with Crippen LogP contribution in [0, 0.1) is 13.8 Å². The van der Waals surface area contributed by atoms with Gasteiger partial charge >= 0.3 is 0 Å². The van der Waals surface area contributed by atoms with Gasteiger partial charge in [0.15, 0.2) is 0 Å². The average molecular weight is 301 g/mol. The molecule has 0 bridgehead atoms. The zero-order valence-corrected chi connectivity index (χ0v) is 13.2. The van der Waals surface area contributed by atoms with Crippen molar-refractivity contribution < 1.29 is 9.53 Å². The van der Waals surface area contributed by atoms with Crippen LogP contribution in [-0.2, 0) is 11.4 Å². The van der Waals surface area contributed by atoms with Gasteiger partial charge in [-0.25, -0.2) is 5.84 Å². The van der Waals surface area contributed by atoms with E-state index in [1.54, 1.807) is 5.43 Å². The number of hydrogen-bond donors (Lipinski definition) is 3. The summed E-state index contributed by atoms with van der Waals surface area (Å²) in [5.74, 6) is 5.34. The minimum atomic E-state index is 0.403. The van der Waals surface area contributed by atoms with Gasteiger partial charge < -0.3 is 10.1 Å². The number of aryl methyl sites for hydroxylation is 2. The summed E-state index contributed by atoms with van der Waals surface area (Å²) in [4.78, 5) is 8.94. The monoisotopic (exact) mass is 301 g/mol. The number of carbonyl (C=O) groups is 1. The molecule has 0 aliphatic carbocycles. The summed E-state index contributed by atoms with van der Waals surface area (Å²) in [5, 5.41) is 3.16. The topological polar surface area (TPSA) is 76.4 Å². The fraction of sp³-hybridized carbons (Fsp3) is 0.235. The van der Waals surface area contributed by atoms with Crippen molar-refractivity contribution in [3.05, 3.63) is 59.2 Å². The van der Waals surface area contributed by atoms with Crippen LogP contribution in [0.1, 0.15) is 16.7 Å². The standard InChI is InChI=1S/C16H19NO.CH4N2O/c1-12-7-4-5-9-14(12)11-18-16-13(2)8-6-10-15(16)17-3;2-3-1-4/h4-10,17H,11H2,1-3H3;1H,2H2,(H,3,4).